The van der Waals surface area contributed by atoms with Crippen LogP contribution in [0.15, 0.2) is 22.7 Å². The van der Waals surface area contributed by atoms with Crippen molar-refractivity contribution in [1.82, 2.24) is 9.97 Å². The summed E-state index contributed by atoms with van der Waals surface area (Å²) >= 11 is 3.54. The monoisotopic (exact) mass is 351 g/mol. The van der Waals surface area contributed by atoms with Crippen LogP contribution in [0.3, 0.4) is 0 Å². The van der Waals surface area contributed by atoms with E-state index in [0.717, 1.165) is 28.1 Å². The molecule has 2 rings (SSSR count). The fourth-order valence-corrected chi connectivity index (χ4v) is 2.49. The molecule has 1 heterocycles. The number of rotatable bonds is 5. The highest BCUT2D eigenvalue weighted by atomic mass is 79.9. The van der Waals surface area contributed by atoms with Crippen molar-refractivity contribution in [3.63, 3.8) is 0 Å². The van der Waals surface area contributed by atoms with Gasteiger partial charge >= 0.3 is 0 Å². The van der Waals surface area contributed by atoms with Crippen LogP contribution >= 0.6 is 15.9 Å². The van der Waals surface area contributed by atoms with E-state index in [2.05, 4.69) is 31.2 Å². The molecule has 0 unspecified atom stereocenters. The Kier molecular flexibility index (Phi) is 5.01. The lowest BCUT2D eigenvalue weighted by atomic mass is 10.2. The highest BCUT2D eigenvalue weighted by molar-refractivity contribution is 9.10. The summed E-state index contributed by atoms with van der Waals surface area (Å²) in [7, 11) is 3.22. The number of benzene rings is 1. The molecule has 1 aromatic carbocycles. The summed E-state index contributed by atoms with van der Waals surface area (Å²) in [5.74, 6) is 2.75. The van der Waals surface area contributed by atoms with Crippen molar-refractivity contribution in [2.45, 2.75) is 13.8 Å². The van der Waals surface area contributed by atoms with Gasteiger partial charge in [-0.05, 0) is 41.9 Å². The highest BCUT2D eigenvalue weighted by Gasteiger charge is 2.14. The molecule has 1 N–H and O–H groups in total. The molecular formula is C15H18BrN3O2. The zero-order chi connectivity index (χ0) is 15.4. The molecule has 2 aromatic rings. The zero-order valence-corrected chi connectivity index (χ0v) is 14.1. The lowest BCUT2D eigenvalue weighted by Crippen LogP contribution is -2.03. The first-order valence-electron chi connectivity index (χ1n) is 6.60. The fraction of sp³-hybridized carbons (Fsp3) is 0.333. The summed E-state index contributed by atoms with van der Waals surface area (Å²) < 4.78 is 11.5. The topological polar surface area (TPSA) is 56.3 Å². The molecule has 5 nitrogen and oxygen atoms in total. The van der Waals surface area contributed by atoms with Crippen LogP contribution in [0.4, 0.5) is 5.82 Å². The van der Waals surface area contributed by atoms with E-state index in [1.165, 1.54) is 0 Å². The van der Waals surface area contributed by atoms with Gasteiger partial charge in [-0.15, -0.1) is 0 Å². The summed E-state index contributed by atoms with van der Waals surface area (Å²) in [4.78, 5) is 9.04. The van der Waals surface area contributed by atoms with Crippen molar-refractivity contribution in [3.05, 3.63) is 28.4 Å². The summed E-state index contributed by atoms with van der Waals surface area (Å²) in [6.45, 7) is 4.78. The summed E-state index contributed by atoms with van der Waals surface area (Å²) in [5, 5.41) is 3.21. The largest absolute Gasteiger partial charge is 0.493 e. The first-order chi connectivity index (χ1) is 10.1. The molecule has 0 spiro atoms. The van der Waals surface area contributed by atoms with Crippen molar-refractivity contribution in [2.75, 3.05) is 26.1 Å². The lowest BCUT2D eigenvalue weighted by Gasteiger charge is -2.12. The van der Waals surface area contributed by atoms with Crippen molar-refractivity contribution in [1.29, 1.82) is 0 Å². The number of aryl methyl sites for hydroxylation is 1. The molecule has 0 aliphatic carbocycles. The number of halogens is 1. The van der Waals surface area contributed by atoms with Crippen LogP contribution in [0.2, 0.25) is 0 Å². The van der Waals surface area contributed by atoms with Gasteiger partial charge in [0.25, 0.3) is 0 Å². The van der Waals surface area contributed by atoms with Gasteiger partial charge in [0, 0.05) is 28.3 Å². The normalized spacial score (nSPS) is 10.3. The molecule has 1 aromatic heterocycles. The average Bonchev–Trinajstić information content (AvgIpc) is 2.46. The molecule has 0 saturated heterocycles. The first-order valence-corrected chi connectivity index (χ1v) is 7.39. The Morgan fingerprint density at radius 1 is 1.10 bits per heavy atom. The van der Waals surface area contributed by atoms with Gasteiger partial charge in [-0.1, -0.05) is 0 Å². The van der Waals surface area contributed by atoms with Crippen LogP contribution in [-0.4, -0.2) is 30.7 Å². The van der Waals surface area contributed by atoms with Gasteiger partial charge in [0.05, 0.1) is 14.2 Å². The number of aromatic nitrogens is 2. The minimum atomic E-state index is 0.638. The second-order valence-electron chi connectivity index (χ2n) is 4.44. The molecule has 21 heavy (non-hydrogen) atoms. The van der Waals surface area contributed by atoms with Crippen LogP contribution in [0.25, 0.3) is 11.4 Å². The van der Waals surface area contributed by atoms with Gasteiger partial charge in [0.2, 0.25) is 0 Å². The van der Waals surface area contributed by atoms with Gasteiger partial charge in [-0.25, -0.2) is 9.97 Å². The third kappa shape index (κ3) is 3.44. The smallest absolute Gasteiger partial charge is 0.163 e. The van der Waals surface area contributed by atoms with Gasteiger partial charge in [-0.2, -0.15) is 0 Å². The van der Waals surface area contributed by atoms with Gasteiger partial charge in [-0.3, -0.25) is 0 Å². The molecule has 0 aliphatic rings. The standard InChI is InChI=1S/C15H18BrN3O2/c1-5-17-14-6-9(2)18-15(19-14)10-7-12(20-3)13(21-4)8-11(10)16/h6-8H,5H2,1-4H3,(H,17,18,19). The Bertz CT molecular complexity index is 647. The van der Waals surface area contributed by atoms with E-state index in [1.807, 2.05) is 32.0 Å². The predicted molar refractivity (Wildman–Crippen MR) is 87.2 cm³/mol. The van der Waals surface area contributed by atoms with E-state index in [4.69, 9.17) is 9.47 Å². The number of hydrogen-bond donors (Lipinski definition) is 1. The SMILES string of the molecule is CCNc1cc(C)nc(-c2cc(OC)c(OC)cc2Br)n1. The zero-order valence-electron chi connectivity index (χ0n) is 12.5. The minimum Gasteiger partial charge on any atom is -0.493 e. The lowest BCUT2D eigenvalue weighted by molar-refractivity contribution is 0.355. The maximum atomic E-state index is 5.34. The van der Waals surface area contributed by atoms with E-state index in [-0.39, 0.29) is 0 Å². The highest BCUT2D eigenvalue weighted by Crippen LogP contribution is 2.37. The van der Waals surface area contributed by atoms with Gasteiger partial charge < -0.3 is 14.8 Å². The summed E-state index contributed by atoms with van der Waals surface area (Å²) in [6.07, 6.45) is 0. The quantitative estimate of drug-likeness (QED) is 0.890. The van der Waals surface area contributed by atoms with E-state index in [0.29, 0.717) is 17.3 Å². The van der Waals surface area contributed by atoms with Crippen LogP contribution in [0, 0.1) is 6.92 Å². The summed E-state index contributed by atoms with van der Waals surface area (Å²) in [5.41, 5.74) is 1.76. The molecule has 0 saturated carbocycles. The number of hydrogen-bond acceptors (Lipinski definition) is 5. The molecule has 0 fully saturated rings. The van der Waals surface area contributed by atoms with Gasteiger partial charge in [0.1, 0.15) is 5.82 Å². The molecule has 0 aliphatic heterocycles. The number of nitrogens with zero attached hydrogens (tertiary/aromatic N) is 2. The molecule has 112 valence electrons. The van der Waals surface area contributed by atoms with E-state index >= 15 is 0 Å². The molecule has 0 radical (unpaired) electrons. The van der Waals surface area contributed by atoms with Crippen molar-refractivity contribution in [2.24, 2.45) is 0 Å². The van der Waals surface area contributed by atoms with E-state index in [9.17, 15) is 0 Å². The van der Waals surface area contributed by atoms with E-state index in [1.54, 1.807) is 14.2 Å². The maximum absolute atomic E-state index is 5.34. The fourth-order valence-electron chi connectivity index (χ4n) is 1.99. The second-order valence-corrected chi connectivity index (χ2v) is 5.29. The van der Waals surface area contributed by atoms with Crippen LogP contribution in [0.1, 0.15) is 12.6 Å². The second kappa shape index (κ2) is 6.76. The summed E-state index contributed by atoms with van der Waals surface area (Å²) in [6, 6.07) is 5.64. The Labute approximate surface area is 132 Å². The third-order valence-electron chi connectivity index (χ3n) is 2.93. The molecule has 0 atom stereocenters. The number of nitrogens with one attached hydrogen (secondary N) is 1. The number of ether oxygens (including phenoxy) is 2. The Hall–Kier alpha value is -1.82. The average molecular weight is 352 g/mol. The molecule has 6 heteroatoms. The Morgan fingerprint density at radius 3 is 2.38 bits per heavy atom. The molecule has 0 amide bonds. The van der Waals surface area contributed by atoms with E-state index < -0.39 is 0 Å². The molecule has 0 bridgehead atoms. The van der Waals surface area contributed by atoms with Crippen molar-refractivity contribution in [3.8, 4) is 22.9 Å². The van der Waals surface area contributed by atoms with Crippen molar-refractivity contribution >= 4 is 21.7 Å². The third-order valence-corrected chi connectivity index (χ3v) is 3.58. The van der Waals surface area contributed by atoms with Crippen LogP contribution < -0.4 is 14.8 Å². The number of methoxy groups -OCH3 is 2. The maximum Gasteiger partial charge on any atom is 0.163 e. The predicted octanol–water partition coefficient (Wildman–Crippen LogP) is 3.66. The first kappa shape index (κ1) is 15.6. The van der Waals surface area contributed by atoms with Crippen LogP contribution in [0.5, 0.6) is 11.5 Å². The van der Waals surface area contributed by atoms with Crippen molar-refractivity contribution < 1.29 is 9.47 Å². The Balaban J connectivity index is 2.55. The van der Waals surface area contributed by atoms with Crippen LogP contribution in [-0.2, 0) is 0 Å². The number of anilines is 1. The Morgan fingerprint density at radius 2 is 1.76 bits per heavy atom. The molecular weight excluding hydrogens is 334 g/mol. The minimum absolute atomic E-state index is 0.638. The van der Waals surface area contributed by atoms with Gasteiger partial charge in [0.15, 0.2) is 17.3 Å².